The number of hydrogen-bond donors (Lipinski definition) is 3. The maximum absolute atomic E-state index is 13.1. The molecule has 100 heavy (non-hydrogen) atoms. The fourth-order valence-corrected chi connectivity index (χ4v) is 14.2. The molecular weight excluding hydrogens is 1310 g/mol. The van der Waals surface area contributed by atoms with E-state index in [1.807, 2.05) is 0 Å². The van der Waals surface area contributed by atoms with Crippen molar-refractivity contribution in [3.05, 3.63) is 0 Å². The highest BCUT2D eigenvalue weighted by atomic mass is 31.2. The molecule has 0 rings (SSSR count). The quantitative estimate of drug-likeness (QED) is 0.0222. The van der Waals surface area contributed by atoms with Crippen molar-refractivity contribution in [2.24, 2.45) is 5.92 Å². The summed E-state index contributed by atoms with van der Waals surface area (Å²) in [4.78, 5) is 73.0. The van der Waals surface area contributed by atoms with Crippen LogP contribution in [-0.2, 0) is 65.4 Å². The first-order chi connectivity index (χ1) is 48.5. The molecule has 0 aliphatic rings. The molecule has 0 heterocycles. The summed E-state index contributed by atoms with van der Waals surface area (Å²) in [5, 5.41) is 10.6. The molecule has 0 aromatic rings. The summed E-state index contributed by atoms with van der Waals surface area (Å²) >= 11 is 0. The molecule has 0 saturated carbocycles. The number of carbonyl (C=O) groups excluding carboxylic acids is 4. The predicted molar refractivity (Wildman–Crippen MR) is 409 cm³/mol. The predicted octanol–water partition coefficient (Wildman–Crippen LogP) is 24.4. The Bertz CT molecular complexity index is 1910. The van der Waals surface area contributed by atoms with E-state index >= 15 is 0 Å². The fourth-order valence-electron chi connectivity index (χ4n) is 12.6. The van der Waals surface area contributed by atoms with Crippen LogP contribution in [-0.4, -0.2) is 96.7 Å². The SMILES string of the molecule is CCCCCCCCCCCCCCCCCCCCC(=O)O[C@H](COC(=O)CCCCCCCCCCCCCCCCCCC)COP(=O)(O)OC[C@@H](O)COP(=O)(O)OC[C@@H](COC(=O)CCCCCCCCCCCC)OC(=O)CCCCCCCCCCCCCCC(C)C. The third-order valence-corrected chi connectivity index (χ3v) is 20.9. The lowest BCUT2D eigenvalue weighted by atomic mass is 10.0. The van der Waals surface area contributed by atoms with Crippen molar-refractivity contribution in [1.29, 1.82) is 0 Å². The number of rotatable bonds is 81. The van der Waals surface area contributed by atoms with Crippen molar-refractivity contribution < 1.29 is 80.2 Å². The molecule has 0 aliphatic carbocycles. The van der Waals surface area contributed by atoms with Crippen molar-refractivity contribution in [2.75, 3.05) is 39.6 Å². The van der Waals surface area contributed by atoms with E-state index in [2.05, 4.69) is 34.6 Å². The van der Waals surface area contributed by atoms with Gasteiger partial charge in [0.25, 0.3) is 0 Å². The Morgan fingerprint density at radius 1 is 0.270 bits per heavy atom. The van der Waals surface area contributed by atoms with Gasteiger partial charge in [0.1, 0.15) is 19.3 Å². The van der Waals surface area contributed by atoms with Gasteiger partial charge in [-0.05, 0) is 31.6 Å². The fraction of sp³-hybridized carbons (Fsp3) is 0.951. The summed E-state index contributed by atoms with van der Waals surface area (Å²) in [7, 11) is -9.92. The van der Waals surface area contributed by atoms with Crippen molar-refractivity contribution in [1.82, 2.24) is 0 Å². The van der Waals surface area contributed by atoms with Gasteiger partial charge in [0.15, 0.2) is 12.2 Å². The average molecular weight is 1470 g/mol. The Balaban J connectivity index is 5.24. The summed E-state index contributed by atoms with van der Waals surface area (Å²) < 4.78 is 68.7. The maximum atomic E-state index is 13.1. The normalized spacial score (nSPS) is 13.8. The first-order valence-electron chi connectivity index (χ1n) is 42.1. The van der Waals surface area contributed by atoms with Gasteiger partial charge < -0.3 is 33.8 Å². The van der Waals surface area contributed by atoms with Gasteiger partial charge in [0, 0.05) is 25.7 Å². The Kier molecular flexibility index (Phi) is 72.5. The van der Waals surface area contributed by atoms with Gasteiger partial charge in [-0.1, -0.05) is 381 Å². The van der Waals surface area contributed by atoms with Gasteiger partial charge in [0.05, 0.1) is 26.4 Å². The molecule has 19 heteroatoms. The van der Waals surface area contributed by atoms with E-state index < -0.39 is 97.5 Å². The van der Waals surface area contributed by atoms with E-state index in [9.17, 15) is 43.2 Å². The molecule has 0 fully saturated rings. The number of hydrogen-bond acceptors (Lipinski definition) is 15. The highest BCUT2D eigenvalue weighted by Crippen LogP contribution is 2.45. The zero-order chi connectivity index (χ0) is 73.4. The average Bonchev–Trinajstić information content (AvgIpc) is 0.924. The summed E-state index contributed by atoms with van der Waals surface area (Å²) in [6, 6.07) is 0. The molecule has 17 nitrogen and oxygen atoms in total. The second kappa shape index (κ2) is 73.9. The molecule has 0 aromatic heterocycles. The van der Waals surface area contributed by atoms with Crippen LogP contribution in [0.25, 0.3) is 0 Å². The molecule has 0 radical (unpaired) electrons. The molecule has 0 bridgehead atoms. The standard InChI is InChI=1S/C81H158O17P2/c1-6-9-12-15-18-21-24-26-28-30-32-34-36-41-46-51-56-61-66-80(85)98-77(71-92-79(84)65-60-55-50-45-40-35-33-31-29-27-25-22-19-16-13-10-7-2)73-96-100(89,90)94-69-75(82)68-93-99(87,88)95-72-76(70-91-78(83)64-59-54-49-44-23-20-17-14-11-8-3)97-81(86)67-62-57-52-47-42-38-37-39-43-48-53-58-63-74(4)5/h74-77,82H,6-73H2,1-5H3,(H,87,88)(H,89,90)/t75-,76+,77+/m0/s1. The Labute approximate surface area is 613 Å². The smallest absolute Gasteiger partial charge is 0.462 e. The number of phosphoric ester groups is 2. The second-order valence-corrected chi connectivity index (χ2v) is 32.5. The van der Waals surface area contributed by atoms with Gasteiger partial charge in [-0.15, -0.1) is 0 Å². The third-order valence-electron chi connectivity index (χ3n) is 19.0. The van der Waals surface area contributed by atoms with Crippen LogP contribution in [0.15, 0.2) is 0 Å². The highest BCUT2D eigenvalue weighted by molar-refractivity contribution is 7.47. The van der Waals surface area contributed by atoms with Gasteiger partial charge in [0.2, 0.25) is 0 Å². The van der Waals surface area contributed by atoms with Crippen molar-refractivity contribution in [3.63, 3.8) is 0 Å². The topological polar surface area (TPSA) is 237 Å². The largest absolute Gasteiger partial charge is 0.472 e. The van der Waals surface area contributed by atoms with E-state index in [0.29, 0.717) is 25.7 Å². The van der Waals surface area contributed by atoms with E-state index in [4.69, 9.17) is 37.0 Å². The number of ether oxygens (including phenoxy) is 4. The zero-order valence-corrected chi connectivity index (χ0v) is 67.1. The Hall–Kier alpha value is -1.94. The summed E-state index contributed by atoms with van der Waals surface area (Å²) in [5.74, 6) is -1.33. The molecule has 0 saturated heterocycles. The number of unbranched alkanes of at least 4 members (excludes halogenated alkanes) is 53. The molecule has 2 unspecified atom stereocenters. The third kappa shape index (κ3) is 74.3. The van der Waals surface area contributed by atoms with Crippen LogP contribution in [0, 0.1) is 5.92 Å². The lowest BCUT2D eigenvalue weighted by Crippen LogP contribution is -2.30. The molecule has 0 aliphatic heterocycles. The Morgan fingerprint density at radius 3 is 0.680 bits per heavy atom. The van der Waals surface area contributed by atoms with Crippen LogP contribution in [0.3, 0.4) is 0 Å². The van der Waals surface area contributed by atoms with Crippen molar-refractivity contribution >= 4 is 39.5 Å². The minimum absolute atomic E-state index is 0.107. The van der Waals surface area contributed by atoms with Crippen LogP contribution in [0.4, 0.5) is 0 Å². The first-order valence-corrected chi connectivity index (χ1v) is 45.1. The minimum Gasteiger partial charge on any atom is -0.462 e. The van der Waals surface area contributed by atoms with Crippen LogP contribution >= 0.6 is 15.6 Å². The van der Waals surface area contributed by atoms with Gasteiger partial charge in [-0.25, -0.2) is 9.13 Å². The first kappa shape index (κ1) is 98.1. The van der Waals surface area contributed by atoms with Crippen molar-refractivity contribution in [2.45, 2.75) is 451 Å². The number of carbonyl (C=O) groups is 4. The van der Waals surface area contributed by atoms with Crippen LogP contribution < -0.4 is 0 Å². The monoisotopic (exact) mass is 1470 g/mol. The van der Waals surface area contributed by atoms with Crippen LogP contribution in [0.2, 0.25) is 0 Å². The van der Waals surface area contributed by atoms with Gasteiger partial charge >= 0.3 is 39.5 Å². The van der Waals surface area contributed by atoms with E-state index in [0.717, 1.165) is 95.8 Å². The zero-order valence-electron chi connectivity index (χ0n) is 65.3. The molecule has 0 spiro atoms. The molecular formula is C81H158O17P2. The minimum atomic E-state index is -4.96. The molecule has 0 aromatic carbocycles. The maximum Gasteiger partial charge on any atom is 0.472 e. The summed E-state index contributed by atoms with van der Waals surface area (Å²) in [6.07, 6.45) is 65.1. The molecule has 0 amide bonds. The van der Waals surface area contributed by atoms with Crippen LogP contribution in [0.1, 0.15) is 433 Å². The molecule has 594 valence electrons. The number of aliphatic hydroxyl groups is 1. The van der Waals surface area contributed by atoms with E-state index in [-0.39, 0.29) is 25.7 Å². The molecule has 3 N–H and O–H groups in total. The molecule has 5 atom stereocenters. The summed E-state index contributed by atoms with van der Waals surface area (Å²) in [5.41, 5.74) is 0. The number of esters is 4. The van der Waals surface area contributed by atoms with E-state index in [1.165, 1.54) is 257 Å². The summed E-state index contributed by atoms with van der Waals surface area (Å²) in [6.45, 7) is 7.34. The lowest BCUT2D eigenvalue weighted by molar-refractivity contribution is -0.161. The van der Waals surface area contributed by atoms with Gasteiger partial charge in [-0.2, -0.15) is 0 Å². The lowest BCUT2D eigenvalue weighted by Gasteiger charge is -2.21. The van der Waals surface area contributed by atoms with E-state index in [1.54, 1.807) is 0 Å². The van der Waals surface area contributed by atoms with Crippen LogP contribution in [0.5, 0.6) is 0 Å². The number of phosphoric acid groups is 2. The Morgan fingerprint density at radius 2 is 0.460 bits per heavy atom. The highest BCUT2D eigenvalue weighted by Gasteiger charge is 2.30. The van der Waals surface area contributed by atoms with Crippen molar-refractivity contribution in [3.8, 4) is 0 Å². The number of aliphatic hydroxyl groups excluding tert-OH is 1. The van der Waals surface area contributed by atoms with Gasteiger partial charge in [-0.3, -0.25) is 37.3 Å². The second-order valence-electron chi connectivity index (χ2n) is 29.6.